The molecule has 0 spiro atoms. The lowest BCUT2D eigenvalue weighted by molar-refractivity contribution is 0.134. The lowest BCUT2D eigenvalue weighted by Gasteiger charge is -2.36. The van der Waals surface area contributed by atoms with E-state index in [1.165, 1.54) is 5.56 Å². The minimum absolute atomic E-state index is 0. The van der Waals surface area contributed by atoms with Gasteiger partial charge in [-0.1, -0.05) is 29.3 Å². The van der Waals surface area contributed by atoms with E-state index in [9.17, 15) is 0 Å². The summed E-state index contributed by atoms with van der Waals surface area (Å²) in [6.45, 7) is 4.33. The molecule has 0 saturated carbocycles. The SMILES string of the molecule is Cl.Clc1cc(Cl)cc(OCCN2CCNCC2c2cccnc2)c1. The lowest BCUT2D eigenvalue weighted by Crippen LogP contribution is -2.47. The van der Waals surface area contributed by atoms with Crippen molar-refractivity contribution < 1.29 is 4.74 Å². The summed E-state index contributed by atoms with van der Waals surface area (Å²) < 4.78 is 5.81. The number of benzene rings is 1. The summed E-state index contributed by atoms with van der Waals surface area (Å²) in [5.41, 5.74) is 1.23. The minimum Gasteiger partial charge on any atom is -0.492 e. The Hall–Kier alpha value is -1.04. The van der Waals surface area contributed by atoms with Crippen molar-refractivity contribution in [2.75, 3.05) is 32.8 Å². The molecule has 1 unspecified atom stereocenters. The van der Waals surface area contributed by atoms with Crippen LogP contribution < -0.4 is 10.1 Å². The van der Waals surface area contributed by atoms with E-state index >= 15 is 0 Å². The zero-order valence-corrected chi connectivity index (χ0v) is 15.4. The Morgan fingerprint density at radius 1 is 1.25 bits per heavy atom. The molecule has 1 aliphatic rings. The number of halogens is 3. The summed E-state index contributed by atoms with van der Waals surface area (Å²) in [5, 5.41) is 4.61. The van der Waals surface area contributed by atoms with Crippen LogP contribution in [0.15, 0.2) is 42.7 Å². The molecule has 0 bridgehead atoms. The van der Waals surface area contributed by atoms with Gasteiger partial charge >= 0.3 is 0 Å². The van der Waals surface area contributed by atoms with E-state index in [4.69, 9.17) is 27.9 Å². The fraction of sp³-hybridized carbons (Fsp3) is 0.353. The zero-order chi connectivity index (χ0) is 16.1. The van der Waals surface area contributed by atoms with Gasteiger partial charge in [0.15, 0.2) is 0 Å². The normalized spacial score (nSPS) is 18.0. The molecule has 1 fully saturated rings. The highest BCUT2D eigenvalue weighted by Gasteiger charge is 2.23. The van der Waals surface area contributed by atoms with E-state index in [1.807, 2.05) is 12.3 Å². The number of ether oxygens (including phenoxy) is 1. The van der Waals surface area contributed by atoms with Crippen molar-refractivity contribution in [2.45, 2.75) is 6.04 Å². The van der Waals surface area contributed by atoms with Crippen molar-refractivity contribution in [3.63, 3.8) is 0 Å². The second-order valence-electron chi connectivity index (χ2n) is 5.50. The van der Waals surface area contributed by atoms with Crippen molar-refractivity contribution in [3.8, 4) is 5.75 Å². The molecule has 0 radical (unpaired) electrons. The van der Waals surface area contributed by atoms with Gasteiger partial charge in [-0.25, -0.2) is 0 Å². The second-order valence-corrected chi connectivity index (χ2v) is 6.37. The fourth-order valence-electron chi connectivity index (χ4n) is 2.81. The van der Waals surface area contributed by atoms with Crippen molar-refractivity contribution in [1.82, 2.24) is 15.2 Å². The quantitative estimate of drug-likeness (QED) is 0.844. The van der Waals surface area contributed by atoms with Crippen LogP contribution in [0.4, 0.5) is 0 Å². The van der Waals surface area contributed by atoms with E-state index in [0.29, 0.717) is 28.4 Å². The maximum Gasteiger partial charge on any atom is 0.122 e. The Bertz CT molecular complexity index is 622. The fourth-order valence-corrected chi connectivity index (χ4v) is 3.31. The third kappa shape index (κ3) is 5.23. The van der Waals surface area contributed by atoms with Gasteiger partial charge in [0.05, 0.1) is 0 Å². The van der Waals surface area contributed by atoms with Crippen molar-refractivity contribution >= 4 is 35.6 Å². The number of nitrogens with one attached hydrogen (secondary N) is 1. The zero-order valence-electron chi connectivity index (χ0n) is 13.1. The summed E-state index contributed by atoms with van der Waals surface area (Å²) in [4.78, 5) is 6.64. The minimum atomic E-state index is 0. The Kier molecular flexibility index (Phi) is 7.59. The third-order valence-corrected chi connectivity index (χ3v) is 4.34. The van der Waals surface area contributed by atoms with Gasteiger partial charge in [0.1, 0.15) is 12.4 Å². The van der Waals surface area contributed by atoms with Crippen molar-refractivity contribution in [3.05, 3.63) is 58.3 Å². The number of aromatic nitrogens is 1. The summed E-state index contributed by atoms with van der Waals surface area (Å²) in [6.07, 6.45) is 3.73. The average Bonchev–Trinajstić information content (AvgIpc) is 2.55. The van der Waals surface area contributed by atoms with Crippen molar-refractivity contribution in [2.24, 2.45) is 0 Å². The molecule has 1 aromatic heterocycles. The van der Waals surface area contributed by atoms with Crippen LogP contribution in [0, 0.1) is 0 Å². The molecule has 2 heterocycles. The van der Waals surface area contributed by atoms with Crippen LogP contribution in [0.2, 0.25) is 10.0 Å². The van der Waals surface area contributed by atoms with E-state index < -0.39 is 0 Å². The Balaban J connectivity index is 0.00000208. The van der Waals surface area contributed by atoms with E-state index in [0.717, 1.165) is 26.2 Å². The highest BCUT2D eigenvalue weighted by molar-refractivity contribution is 6.34. The topological polar surface area (TPSA) is 37.4 Å². The lowest BCUT2D eigenvalue weighted by atomic mass is 10.1. The van der Waals surface area contributed by atoms with Crippen LogP contribution in [0.5, 0.6) is 5.75 Å². The first-order valence-electron chi connectivity index (χ1n) is 7.66. The van der Waals surface area contributed by atoms with E-state index in [1.54, 1.807) is 24.4 Å². The van der Waals surface area contributed by atoms with Gasteiger partial charge < -0.3 is 10.1 Å². The Morgan fingerprint density at radius 3 is 2.75 bits per heavy atom. The number of piperazine rings is 1. The van der Waals surface area contributed by atoms with Crippen LogP contribution in [-0.4, -0.2) is 42.7 Å². The summed E-state index contributed by atoms with van der Waals surface area (Å²) >= 11 is 12.0. The molecular weight excluding hydrogens is 369 g/mol. The molecule has 1 atom stereocenters. The molecule has 1 saturated heterocycles. The van der Waals surface area contributed by atoms with Gasteiger partial charge in [-0.2, -0.15) is 0 Å². The number of rotatable bonds is 5. The number of hydrogen-bond donors (Lipinski definition) is 1. The van der Waals surface area contributed by atoms with Gasteiger partial charge in [-0.05, 0) is 29.8 Å². The van der Waals surface area contributed by atoms with Crippen LogP contribution in [0.3, 0.4) is 0 Å². The molecule has 0 aliphatic carbocycles. The molecule has 24 heavy (non-hydrogen) atoms. The molecular formula is C17H20Cl3N3O. The number of pyridine rings is 1. The number of nitrogens with zero attached hydrogens (tertiary/aromatic N) is 2. The first kappa shape index (κ1) is 19.3. The Labute approximate surface area is 158 Å². The monoisotopic (exact) mass is 387 g/mol. The van der Waals surface area contributed by atoms with Gasteiger partial charge in [-0.3, -0.25) is 9.88 Å². The Morgan fingerprint density at radius 2 is 2.04 bits per heavy atom. The number of hydrogen-bond acceptors (Lipinski definition) is 4. The third-order valence-electron chi connectivity index (χ3n) is 3.91. The first-order valence-corrected chi connectivity index (χ1v) is 8.41. The van der Waals surface area contributed by atoms with Gasteiger partial charge in [-0.15, -0.1) is 12.4 Å². The van der Waals surface area contributed by atoms with Crippen LogP contribution in [0.1, 0.15) is 11.6 Å². The molecule has 1 aromatic carbocycles. The standard InChI is InChI=1S/C17H19Cl2N3O.ClH/c18-14-8-15(19)10-16(9-14)23-7-6-22-5-4-21-12-17(22)13-2-1-3-20-11-13;/h1-3,8-11,17,21H,4-7,12H2;1H. The van der Waals surface area contributed by atoms with Crippen LogP contribution in [-0.2, 0) is 0 Å². The smallest absolute Gasteiger partial charge is 0.122 e. The predicted molar refractivity (Wildman–Crippen MR) is 101 cm³/mol. The molecule has 3 rings (SSSR count). The summed E-state index contributed by atoms with van der Waals surface area (Å²) in [7, 11) is 0. The highest BCUT2D eigenvalue weighted by Crippen LogP contribution is 2.25. The van der Waals surface area contributed by atoms with Gasteiger partial charge in [0, 0.05) is 54.7 Å². The first-order chi connectivity index (χ1) is 11.2. The molecule has 0 amide bonds. The van der Waals surface area contributed by atoms with E-state index in [2.05, 4.69) is 21.3 Å². The largest absolute Gasteiger partial charge is 0.492 e. The van der Waals surface area contributed by atoms with Crippen LogP contribution in [0.25, 0.3) is 0 Å². The second kappa shape index (κ2) is 9.44. The van der Waals surface area contributed by atoms with Gasteiger partial charge in [0.25, 0.3) is 0 Å². The molecule has 4 nitrogen and oxygen atoms in total. The summed E-state index contributed by atoms with van der Waals surface area (Å²) in [5.74, 6) is 0.704. The molecule has 130 valence electrons. The molecule has 7 heteroatoms. The molecule has 1 aliphatic heterocycles. The van der Waals surface area contributed by atoms with Crippen molar-refractivity contribution in [1.29, 1.82) is 0 Å². The van der Waals surface area contributed by atoms with Crippen LogP contribution >= 0.6 is 35.6 Å². The van der Waals surface area contributed by atoms with E-state index in [-0.39, 0.29) is 12.4 Å². The molecule has 2 aromatic rings. The molecule has 1 N–H and O–H groups in total. The highest BCUT2D eigenvalue weighted by atomic mass is 35.5. The summed E-state index contributed by atoms with van der Waals surface area (Å²) in [6, 6.07) is 9.68. The predicted octanol–water partition coefficient (Wildman–Crippen LogP) is 3.84. The maximum atomic E-state index is 5.99. The average molecular weight is 389 g/mol. The van der Waals surface area contributed by atoms with Gasteiger partial charge in [0.2, 0.25) is 0 Å². The maximum absolute atomic E-state index is 5.99.